The number of hydrogen-bond donors (Lipinski definition) is 1. The molecule has 1 unspecified atom stereocenters. The normalized spacial score (nSPS) is 16.5. The number of nitrogens with zero attached hydrogens (tertiary/aromatic N) is 2. The summed E-state index contributed by atoms with van der Waals surface area (Å²) >= 11 is 0. The van der Waals surface area contributed by atoms with Crippen LogP contribution in [-0.4, -0.2) is 11.7 Å². The summed E-state index contributed by atoms with van der Waals surface area (Å²) in [5.41, 5.74) is 9.46. The van der Waals surface area contributed by atoms with E-state index >= 15 is 0 Å². The van der Waals surface area contributed by atoms with Crippen molar-refractivity contribution in [1.29, 1.82) is 0 Å². The molecule has 1 aliphatic carbocycles. The van der Waals surface area contributed by atoms with E-state index in [4.69, 9.17) is 14.4 Å². The van der Waals surface area contributed by atoms with Crippen LogP contribution in [0.5, 0.6) is 0 Å². The third kappa shape index (κ3) is 4.67. The number of amidine groups is 2. The molecule has 6 aromatic rings. The Labute approximate surface area is 250 Å². The first kappa shape index (κ1) is 25.2. The molecule has 0 spiro atoms. The molecular formula is C39H29N3O. The van der Waals surface area contributed by atoms with Gasteiger partial charge >= 0.3 is 0 Å². The van der Waals surface area contributed by atoms with Crippen molar-refractivity contribution in [2.24, 2.45) is 9.98 Å². The fourth-order valence-electron chi connectivity index (χ4n) is 6.06. The molecule has 5 aromatic carbocycles. The predicted octanol–water partition coefficient (Wildman–Crippen LogP) is 9.48. The van der Waals surface area contributed by atoms with Gasteiger partial charge in [0.15, 0.2) is 6.17 Å². The largest absolute Gasteiger partial charge is 0.455 e. The molecule has 0 bridgehead atoms. The Bertz CT molecular complexity index is 2080. The number of allylic oxidation sites excluding steroid dienone is 4. The Kier molecular flexibility index (Phi) is 6.30. The van der Waals surface area contributed by atoms with Gasteiger partial charge in [0.2, 0.25) is 0 Å². The number of nitrogens with one attached hydrogen (secondary N) is 1. The van der Waals surface area contributed by atoms with Gasteiger partial charge in [0.25, 0.3) is 0 Å². The summed E-state index contributed by atoms with van der Waals surface area (Å²) in [7, 11) is 0. The standard InChI is InChI=1S/C39H29N3O/c1-4-12-26(13-5-1)27-22-24-30(25-23-27)38-40-37(29-16-8-3-9-17-29)41-39(42-38)33-20-11-21-34-35(33)32-19-10-18-31(36(32)43-34)28-14-6-2-7-15-28/h2-4,6-25,39H,1,5H2,(H,40,41,42). The quantitative estimate of drug-likeness (QED) is 0.230. The highest BCUT2D eigenvalue weighted by Crippen LogP contribution is 2.40. The molecule has 0 saturated heterocycles. The molecule has 2 aliphatic rings. The van der Waals surface area contributed by atoms with E-state index in [0.717, 1.165) is 74.3 Å². The summed E-state index contributed by atoms with van der Waals surface area (Å²) in [5.74, 6) is 1.60. The Morgan fingerprint density at radius 3 is 2.00 bits per heavy atom. The molecule has 1 aromatic heterocycles. The second kappa shape index (κ2) is 10.7. The van der Waals surface area contributed by atoms with E-state index in [9.17, 15) is 0 Å². The van der Waals surface area contributed by atoms with Crippen LogP contribution in [0.15, 0.2) is 154 Å². The lowest BCUT2D eigenvalue weighted by molar-refractivity contribution is 0.668. The first-order valence-electron chi connectivity index (χ1n) is 14.8. The van der Waals surface area contributed by atoms with Gasteiger partial charge in [-0.15, -0.1) is 0 Å². The molecule has 206 valence electrons. The third-order valence-corrected chi connectivity index (χ3v) is 8.19. The van der Waals surface area contributed by atoms with Gasteiger partial charge in [-0.25, -0.2) is 9.98 Å². The number of furan rings is 1. The highest BCUT2D eigenvalue weighted by Gasteiger charge is 2.24. The zero-order valence-electron chi connectivity index (χ0n) is 23.6. The average molecular weight is 556 g/mol. The van der Waals surface area contributed by atoms with Crippen molar-refractivity contribution in [3.8, 4) is 11.1 Å². The van der Waals surface area contributed by atoms with Gasteiger partial charge in [0, 0.05) is 33.0 Å². The average Bonchev–Trinajstić information content (AvgIpc) is 3.49. The van der Waals surface area contributed by atoms with Crippen molar-refractivity contribution < 1.29 is 4.42 Å². The number of hydrogen-bond acceptors (Lipinski definition) is 4. The molecule has 0 saturated carbocycles. The van der Waals surface area contributed by atoms with Crippen LogP contribution in [-0.2, 0) is 0 Å². The van der Waals surface area contributed by atoms with Crippen LogP contribution >= 0.6 is 0 Å². The molecule has 1 aliphatic heterocycles. The number of aliphatic imine (C=N–C) groups is 2. The molecule has 0 fully saturated rings. The van der Waals surface area contributed by atoms with E-state index in [1.807, 2.05) is 36.4 Å². The maximum absolute atomic E-state index is 6.54. The number of rotatable bonds is 5. The van der Waals surface area contributed by atoms with Crippen LogP contribution in [0.4, 0.5) is 0 Å². The number of fused-ring (bicyclic) bond motifs is 3. The molecule has 1 N–H and O–H groups in total. The lowest BCUT2D eigenvalue weighted by Crippen LogP contribution is -2.36. The maximum atomic E-state index is 6.54. The van der Waals surface area contributed by atoms with Crippen LogP contribution in [0, 0.1) is 0 Å². The van der Waals surface area contributed by atoms with E-state index in [2.05, 4.69) is 108 Å². The van der Waals surface area contributed by atoms with Crippen LogP contribution in [0.1, 0.15) is 41.3 Å². The third-order valence-electron chi connectivity index (χ3n) is 8.19. The summed E-state index contributed by atoms with van der Waals surface area (Å²) in [6.45, 7) is 0. The van der Waals surface area contributed by atoms with Gasteiger partial charge in [-0.2, -0.15) is 0 Å². The summed E-state index contributed by atoms with van der Waals surface area (Å²) in [6, 6.07) is 41.9. The van der Waals surface area contributed by atoms with Gasteiger partial charge in [-0.1, -0.05) is 133 Å². The fraction of sp³-hybridized carbons (Fsp3) is 0.0769. The van der Waals surface area contributed by atoms with E-state index in [1.54, 1.807) is 0 Å². The van der Waals surface area contributed by atoms with Crippen molar-refractivity contribution >= 4 is 39.2 Å². The second-order valence-corrected chi connectivity index (χ2v) is 10.9. The highest BCUT2D eigenvalue weighted by molar-refractivity contribution is 6.16. The van der Waals surface area contributed by atoms with Crippen molar-refractivity contribution in [2.75, 3.05) is 0 Å². The molecular weight excluding hydrogens is 526 g/mol. The Morgan fingerprint density at radius 2 is 1.28 bits per heavy atom. The molecule has 2 heterocycles. The fourth-order valence-corrected chi connectivity index (χ4v) is 6.06. The summed E-state index contributed by atoms with van der Waals surface area (Å²) in [5, 5.41) is 5.66. The maximum Gasteiger partial charge on any atom is 0.170 e. The van der Waals surface area contributed by atoms with Gasteiger partial charge in [0.05, 0.1) is 0 Å². The van der Waals surface area contributed by atoms with E-state index < -0.39 is 6.17 Å². The summed E-state index contributed by atoms with van der Waals surface area (Å²) in [6.07, 6.45) is 8.51. The monoisotopic (exact) mass is 555 g/mol. The Morgan fingerprint density at radius 1 is 0.605 bits per heavy atom. The van der Waals surface area contributed by atoms with E-state index in [-0.39, 0.29) is 0 Å². The minimum Gasteiger partial charge on any atom is -0.455 e. The highest BCUT2D eigenvalue weighted by atomic mass is 16.3. The minimum absolute atomic E-state index is 0.444. The number of benzene rings is 5. The molecule has 8 rings (SSSR count). The van der Waals surface area contributed by atoms with Gasteiger partial charge < -0.3 is 9.73 Å². The molecule has 4 heteroatoms. The van der Waals surface area contributed by atoms with Crippen molar-refractivity contribution in [3.05, 3.63) is 162 Å². The van der Waals surface area contributed by atoms with Crippen molar-refractivity contribution in [3.63, 3.8) is 0 Å². The first-order chi connectivity index (χ1) is 21.3. The van der Waals surface area contributed by atoms with Gasteiger partial charge in [-0.3, -0.25) is 0 Å². The molecule has 4 nitrogen and oxygen atoms in total. The van der Waals surface area contributed by atoms with Gasteiger partial charge in [-0.05, 0) is 35.6 Å². The SMILES string of the molecule is C1=CC(c2ccc(C3=NC(c4cccc5oc6c(-c7ccccc7)cccc6c45)N=C(c4ccccc4)N3)cc2)=CCC1. The van der Waals surface area contributed by atoms with Crippen molar-refractivity contribution in [1.82, 2.24) is 5.32 Å². The molecule has 0 radical (unpaired) electrons. The van der Waals surface area contributed by atoms with E-state index in [1.165, 1.54) is 11.1 Å². The van der Waals surface area contributed by atoms with Crippen LogP contribution in [0.3, 0.4) is 0 Å². The molecule has 43 heavy (non-hydrogen) atoms. The minimum atomic E-state index is -0.444. The zero-order chi connectivity index (χ0) is 28.6. The van der Waals surface area contributed by atoms with Crippen LogP contribution in [0.25, 0.3) is 38.6 Å². The smallest absolute Gasteiger partial charge is 0.170 e. The lowest BCUT2D eigenvalue weighted by atomic mass is 9.98. The number of para-hydroxylation sites is 1. The predicted molar refractivity (Wildman–Crippen MR) is 177 cm³/mol. The molecule has 0 amide bonds. The van der Waals surface area contributed by atoms with Crippen LogP contribution in [0.2, 0.25) is 0 Å². The lowest BCUT2D eigenvalue weighted by Gasteiger charge is -2.23. The van der Waals surface area contributed by atoms with Crippen molar-refractivity contribution in [2.45, 2.75) is 19.0 Å². The molecule has 1 atom stereocenters. The zero-order valence-corrected chi connectivity index (χ0v) is 23.6. The Hall–Kier alpha value is -5.48. The topological polar surface area (TPSA) is 49.9 Å². The second-order valence-electron chi connectivity index (χ2n) is 10.9. The van der Waals surface area contributed by atoms with E-state index in [0.29, 0.717) is 0 Å². The summed E-state index contributed by atoms with van der Waals surface area (Å²) in [4.78, 5) is 10.4. The summed E-state index contributed by atoms with van der Waals surface area (Å²) < 4.78 is 6.54. The Balaban J connectivity index is 1.27. The van der Waals surface area contributed by atoms with Crippen LogP contribution < -0.4 is 5.32 Å². The van der Waals surface area contributed by atoms with Gasteiger partial charge in [0.1, 0.15) is 22.8 Å². The first-order valence-corrected chi connectivity index (χ1v) is 14.8.